The van der Waals surface area contributed by atoms with E-state index in [0.29, 0.717) is 12.8 Å². The Labute approximate surface area is 91.1 Å². The van der Waals surface area contributed by atoms with Gasteiger partial charge in [-0.2, -0.15) is 0 Å². The highest BCUT2D eigenvalue weighted by molar-refractivity contribution is 5.69. The van der Waals surface area contributed by atoms with Crippen molar-refractivity contribution >= 4 is 5.97 Å². The third-order valence-electron chi connectivity index (χ3n) is 2.28. The maximum atomic E-state index is 10.6. The average Bonchev–Trinajstić information content (AvgIpc) is 2.17. The molecule has 0 saturated heterocycles. The van der Waals surface area contributed by atoms with Crippen LogP contribution in [0.5, 0.6) is 0 Å². The van der Waals surface area contributed by atoms with Gasteiger partial charge < -0.3 is 10.2 Å². The number of carbonyl (C=O) groups is 1. The molecule has 0 saturated carbocycles. The zero-order valence-corrected chi connectivity index (χ0v) is 9.44. The molecular formula is C12H20O3. The van der Waals surface area contributed by atoms with Crippen molar-refractivity contribution < 1.29 is 15.0 Å². The highest BCUT2D eigenvalue weighted by Gasteiger charge is 2.12. The van der Waals surface area contributed by atoms with Crippen LogP contribution in [-0.4, -0.2) is 22.8 Å². The zero-order valence-electron chi connectivity index (χ0n) is 9.44. The van der Waals surface area contributed by atoms with Crippen molar-refractivity contribution in [2.24, 2.45) is 11.8 Å². The smallest absolute Gasteiger partial charge is 0.306 e. The van der Waals surface area contributed by atoms with Crippen molar-refractivity contribution in [1.82, 2.24) is 0 Å². The standard InChI is InChI=1S/C12H20O3/c1-9(2)4-6-11(8-13)7-5-10(3)12(14)15/h4,6,10-11,13H,1,5,7-8H2,2-3H3,(H,14,15)/t10?,11-/m0/s1. The van der Waals surface area contributed by atoms with Crippen LogP contribution in [0.1, 0.15) is 26.7 Å². The van der Waals surface area contributed by atoms with Crippen molar-refractivity contribution in [2.45, 2.75) is 26.7 Å². The summed E-state index contributed by atoms with van der Waals surface area (Å²) in [7, 11) is 0. The van der Waals surface area contributed by atoms with Crippen LogP contribution in [-0.2, 0) is 4.79 Å². The number of carboxylic acid groups (broad SMARTS) is 1. The summed E-state index contributed by atoms with van der Waals surface area (Å²) in [5.74, 6) is -1.10. The first-order valence-electron chi connectivity index (χ1n) is 5.14. The molecule has 0 aliphatic carbocycles. The van der Waals surface area contributed by atoms with Gasteiger partial charge in [0.25, 0.3) is 0 Å². The molecule has 0 spiro atoms. The molecule has 3 heteroatoms. The lowest BCUT2D eigenvalue weighted by molar-refractivity contribution is -0.141. The second-order valence-corrected chi connectivity index (χ2v) is 3.96. The molecule has 86 valence electrons. The average molecular weight is 212 g/mol. The second-order valence-electron chi connectivity index (χ2n) is 3.96. The fraction of sp³-hybridized carbons (Fsp3) is 0.583. The Bertz CT molecular complexity index is 243. The predicted molar refractivity (Wildman–Crippen MR) is 60.6 cm³/mol. The van der Waals surface area contributed by atoms with Crippen molar-refractivity contribution in [3.63, 3.8) is 0 Å². The van der Waals surface area contributed by atoms with E-state index in [0.717, 1.165) is 5.57 Å². The van der Waals surface area contributed by atoms with Crippen molar-refractivity contribution in [2.75, 3.05) is 6.61 Å². The van der Waals surface area contributed by atoms with E-state index in [-0.39, 0.29) is 18.4 Å². The van der Waals surface area contributed by atoms with E-state index in [1.165, 1.54) is 0 Å². The number of carboxylic acids is 1. The van der Waals surface area contributed by atoms with Crippen LogP contribution in [0.2, 0.25) is 0 Å². The van der Waals surface area contributed by atoms with Crippen molar-refractivity contribution in [3.8, 4) is 0 Å². The monoisotopic (exact) mass is 212 g/mol. The van der Waals surface area contributed by atoms with Gasteiger partial charge in [0.15, 0.2) is 0 Å². The molecule has 0 aromatic heterocycles. The zero-order chi connectivity index (χ0) is 11.8. The van der Waals surface area contributed by atoms with Crippen LogP contribution in [0.25, 0.3) is 0 Å². The molecule has 0 aromatic rings. The number of hydrogen-bond donors (Lipinski definition) is 2. The van der Waals surface area contributed by atoms with Gasteiger partial charge >= 0.3 is 5.97 Å². The maximum absolute atomic E-state index is 10.6. The van der Waals surface area contributed by atoms with Gasteiger partial charge in [0, 0.05) is 12.5 Å². The van der Waals surface area contributed by atoms with E-state index in [4.69, 9.17) is 10.2 Å². The molecule has 0 aliphatic rings. The van der Waals surface area contributed by atoms with Gasteiger partial charge in [0.1, 0.15) is 0 Å². The molecule has 0 amide bonds. The molecule has 0 aromatic carbocycles. The van der Waals surface area contributed by atoms with Gasteiger partial charge in [-0.3, -0.25) is 4.79 Å². The molecule has 2 atom stereocenters. The molecule has 3 nitrogen and oxygen atoms in total. The predicted octanol–water partition coefficient (Wildman–Crippen LogP) is 2.23. The van der Waals surface area contributed by atoms with E-state index in [9.17, 15) is 4.79 Å². The number of aliphatic hydroxyl groups excluding tert-OH is 1. The molecule has 0 fully saturated rings. The summed E-state index contributed by atoms with van der Waals surface area (Å²) in [6.45, 7) is 7.33. The molecule has 0 bridgehead atoms. The quantitative estimate of drug-likeness (QED) is 0.636. The lowest BCUT2D eigenvalue weighted by Gasteiger charge is -2.11. The topological polar surface area (TPSA) is 57.5 Å². The number of aliphatic carboxylic acids is 1. The molecule has 0 heterocycles. The Hall–Kier alpha value is -1.09. The van der Waals surface area contributed by atoms with Crippen LogP contribution < -0.4 is 0 Å². The van der Waals surface area contributed by atoms with Gasteiger partial charge in [-0.1, -0.05) is 31.2 Å². The van der Waals surface area contributed by atoms with Gasteiger partial charge in [0.2, 0.25) is 0 Å². The normalized spacial score (nSPS) is 15.1. The number of allylic oxidation sites excluding steroid dienone is 2. The van der Waals surface area contributed by atoms with Crippen LogP contribution in [0.15, 0.2) is 24.3 Å². The summed E-state index contributed by atoms with van der Waals surface area (Å²) in [6, 6.07) is 0. The Morgan fingerprint density at radius 1 is 1.47 bits per heavy atom. The van der Waals surface area contributed by atoms with Crippen LogP contribution >= 0.6 is 0 Å². The van der Waals surface area contributed by atoms with E-state index in [2.05, 4.69) is 6.58 Å². The number of hydrogen-bond acceptors (Lipinski definition) is 2. The third kappa shape index (κ3) is 6.91. The summed E-state index contributed by atoms with van der Waals surface area (Å²) in [6.07, 6.45) is 5.01. The highest BCUT2D eigenvalue weighted by Crippen LogP contribution is 2.14. The van der Waals surface area contributed by atoms with E-state index in [1.807, 2.05) is 19.1 Å². The lowest BCUT2D eigenvalue weighted by atomic mass is 9.96. The minimum Gasteiger partial charge on any atom is -0.481 e. The Kier molecular flexibility index (Phi) is 6.71. The van der Waals surface area contributed by atoms with Crippen LogP contribution in [0, 0.1) is 11.8 Å². The van der Waals surface area contributed by atoms with Crippen molar-refractivity contribution in [1.29, 1.82) is 0 Å². The van der Waals surface area contributed by atoms with Crippen molar-refractivity contribution in [3.05, 3.63) is 24.3 Å². The fourth-order valence-corrected chi connectivity index (χ4v) is 1.14. The fourth-order valence-electron chi connectivity index (χ4n) is 1.14. The molecule has 1 unspecified atom stereocenters. The first-order chi connectivity index (χ1) is 6.97. The summed E-state index contributed by atoms with van der Waals surface area (Å²) in [4.78, 5) is 10.6. The Morgan fingerprint density at radius 3 is 2.47 bits per heavy atom. The summed E-state index contributed by atoms with van der Waals surface area (Å²) in [5, 5.41) is 17.8. The molecular weight excluding hydrogens is 192 g/mol. The maximum Gasteiger partial charge on any atom is 0.306 e. The SMILES string of the molecule is C=C(C)C=C[C@H](CO)CCC(C)C(=O)O. The summed E-state index contributed by atoms with van der Waals surface area (Å²) in [5.41, 5.74) is 0.930. The minimum absolute atomic E-state index is 0.0310. The molecule has 0 rings (SSSR count). The first kappa shape index (κ1) is 13.9. The Morgan fingerprint density at radius 2 is 2.07 bits per heavy atom. The minimum atomic E-state index is -0.782. The summed E-state index contributed by atoms with van der Waals surface area (Å²) < 4.78 is 0. The van der Waals surface area contributed by atoms with Gasteiger partial charge in [-0.25, -0.2) is 0 Å². The lowest BCUT2D eigenvalue weighted by Crippen LogP contribution is -2.12. The summed E-state index contributed by atoms with van der Waals surface area (Å²) >= 11 is 0. The van der Waals surface area contributed by atoms with E-state index >= 15 is 0 Å². The molecule has 2 N–H and O–H groups in total. The molecule has 0 radical (unpaired) electrons. The Balaban J connectivity index is 4.00. The van der Waals surface area contributed by atoms with Crippen LogP contribution in [0.3, 0.4) is 0 Å². The molecule has 0 aliphatic heterocycles. The van der Waals surface area contributed by atoms with E-state index in [1.54, 1.807) is 6.92 Å². The van der Waals surface area contributed by atoms with Gasteiger partial charge in [-0.15, -0.1) is 0 Å². The van der Waals surface area contributed by atoms with Gasteiger partial charge in [-0.05, 0) is 19.8 Å². The third-order valence-corrected chi connectivity index (χ3v) is 2.28. The number of aliphatic hydroxyl groups is 1. The van der Waals surface area contributed by atoms with Gasteiger partial charge in [0.05, 0.1) is 5.92 Å². The largest absolute Gasteiger partial charge is 0.481 e. The first-order valence-corrected chi connectivity index (χ1v) is 5.14. The number of rotatable bonds is 7. The van der Waals surface area contributed by atoms with Crippen LogP contribution in [0.4, 0.5) is 0 Å². The second kappa shape index (κ2) is 7.23. The van der Waals surface area contributed by atoms with E-state index < -0.39 is 5.97 Å². The molecule has 15 heavy (non-hydrogen) atoms. The highest BCUT2D eigenvalue weighted by atomic mass is 16.4.